The van der Waals surface area contributed by atoms with Gasteiger partial charge in [0.1, 0.15) is 0 Å². The lowest BCUT2D eigenvalue weighted by atomic mass is 10.2. The zero-order valence-corrected chi connectivity index (χ0v) is 11.2. The van der Waals surface area contributed by atoms with E-state index in [1.807, 2.05) is 13.8 Å². The third-order valence-corrected chi connectivity index (χ3v) is 2.51. The molecule has 0 spiro atoms. The number of carbonyl (C=O) groups excluding carboxylic acids is 2. The summed E-state index contributed by atoms with van der Waals surface area (Å²) < 4.78 is 0. The first-order valence-electron chi connectivity index (χ1n) is 5.87. The van der Waals surface area contributed by atoms with Gasteiger partial charge >= 0.3 is 0 Å². The SMILES string of the molecule is CC(C)CNC(=O)CNC(=O)C1CCCN1.Cl. The molecule has 17 heavy (non-hydrogen) atoms. The molecule has 100 valence electrons. The highest BCUT2D eigenvalue weighted by Gasteiger charge is 2.21. The average molecular weight is 264 g/mol. The number of nitrogens with one attached hydrogen (secondary N) is 3. The molecule has 3 N–H and O–H groups in total. The van der Waals surface area contributed by atoms with Crippen molar-refractivity contribution in [2.24, 2.45) is 5.92 Å². The standard InChI is InChI=1S/C11H21N3O2.ClH/c1-8(2)6-13-10(15)7-14-11(16)9-4-3-5-12-9;/h8-9,12H,3-7H2,1-2H3,(H,13,15)(H,14,16);1H. The monoisotopic (exact) mass is 263 g/mol. The first-order chi connectivity index (χ1) is 7.59. The summed E-state index contributed by atoms with van der Waals surface area (Å²) >= 11 is 0. The average Bonchev–Trinajstić information content (AvgIpc) is 2.76. The van der Waals surface area contributed by atoms with Crippen LogP contribution in [0, 0.1) is 5.92 Å². The minimum Gasteiger partial charge on any atom is -0.354 e. The lowest BCUT2D eigenvalue weighted by Gasteiger charge is -2.11. The number of halogens is 1. The zero-order valence-electron chi connectivity index (χ0n) is 10.4. The van der Waals surface area contributed by atoms with E-state index in [4.69, 9.17) is 0 Å². The molecule has 6 heteroatoms. The molecule has 1 rings (SSSR count). The second kappa shape index (κ2) is 8.31. The zero-order chi connectivity index (χ0) is 12.0. The fraction of sp³-hybridized carbons (Fsp3) is 0.818. The number of amides is 2. The van der Waals surface area contributed by atoms with Crippen molar-refractivity contribution < 1.29 is 9.59 Å². The van der Waals surface area contributed by atoms with Gasteiger partial charge in [-0.25, -0.2) is 0 Å². The molecule has 1 saturated heterocycles. The Morgan fingerprint density at radius 2 is 2.06 bits per heavy atom. The van der Waals surface area contributed by atoms with E-state index < -0.39 is 0 Å². The van der Waals surface area contributed by atoms with Crippen LogP contribution in [0.2, 0.25) is 0 Å². The van der Waals surface area contributed by atoms with Crippen molar-refractivity contribution in [2.75, 3.05) is 19.6 Å². The molecule has 1 fully saturated rings. The maximum absolute atomic E-state index is 11.5. The van der Waals surface area contributed by atoms with Crippen molar-refractivity contribution in [3.8, 4) is 0 Å². The van der Waals surface area contributed by atoms with Crippen LogP contribution < -0.4 is 16.0 Å². The second-order valence-electron chi connectivity index (χ2n) is 4.56. The minimum atomic E-state index is -0.125. The maximum atomic E-state index is 11.5. The van der Waals surface area contributed by atoms with E-state index in [0.717, 1.165) is 19.4 Å². The first-order valence-corrected chi connectivity index (χ1v) is 5.87. The van der Waals surface area contributed by atoms with Crippen molar-refractivity contribution in [1.82, 2.24) is 16.0 Å². The number of carbonyl (C=O) groups is 2. The van der Waals surface area contributed by atoms with Gasteiger partial charge in [-0.05, 0) is 25.3 Å². The molecule has 0 saturated carbocycles. The first kappa shape index (κ1) is 16.2. The molecule has 1 heterocycles. The molecule has 0 radical (unpaired) electrons. The van der Waals surface area contributed by atoms with Gasteiger partial charge in [0.2, 0.25) is 11.8 Å². The fourth-order valence-electron chi connectivity index (χ4n) is 1.58. The Bertz CT molecular complexity index is 253. The van der Waals surface area contributed by atoms with Crippen LogP contribution in [0.5, 0.6) is 0 Å². The smallest absolute Gasteiger partial charge is 0.239 e. The minimum absolute atomic E-state index is 0. The summed E-state index contributed by atoms with van der Waals surface area (Å²) in [6, 6.07) is -0.113. The lowest BCUT2D eigenvalue weighted by Crippen LogP contribution is -2.45. The normalized spacial score (nSPS) is 18.6. The van der Waals surface area contributed by atoms with Gasteiger partial charge in [-0.2, -0.15) is 0 Å². The molecule has 5 nitrogen and oxygen atoms in total. The van der Waals surface area contributed by atoms with E-state index in [1.54, 1.807) is 0 Å². The van der Waals surface area contributed by atoms with Crippen LogP contribution in [0.3, 0.4) is 0 Å². The lowest BCUT2D eigenvalue weighted by molar-refractivity contribution is -0.127. The quantitative estimate of drug-likeness (QED) is 0.656. The van der Waals surface area contributed by atoms with Gasteiger partial charge in [-0.15, -0.1) is 12.4 Å². The van der Waals surface area contributed by atoms with Crippen LogP contribution in [-0.4, -0.2) is 37.5 Å². The van der Waals surface area contributed by atoms with Crippen LogP contribution in [0.1, 0.15) is 26.7 Å². The van der Waals surface area contributed by atoms with E-state index in [-0.39, 0.29) is 36.8 Å². The number of hydrogen-bond acceptors (Lipinski definition) is 3. The molecule has 0 aromatic heterocycles. The van der Waals surface area contributed by atoms with Gasteiger partial charge in [0.25, 0.3) is 0 Å². The van der Waals surface area contributed by atoms with Gasteiger partial charge in [-0.1, -0.05) is 13.8 Å². The summed E-state index contributed by atoms with van der Waals surface area (Å²) in [7, 11) is 0. The topological polar surface area (TPSA) is 70.2 Å². The highest BCUT2D eigenvalue weighted by atomic mass is 35.5. The third-order valence-electron chi connectivity index (χ3n) is 2.51. The molecule has 1 aliphatic rings. The van der Waals surface area contributed by atoms with Crippen LogP contribution in [-0.2, 0) is 9.59 Å². The summed E-state index contributed by atoms with van der Waals surface area (Å²) in [5, 5.41) is 8.48. The molecule has 1 atom stereocenters. The van der Waals surface area contributed by atoms with Crippen LogP contribution in [0.15, 0.2) is 0 Å². The summed E-state index contributed by atoms with van der Waals surface area (Å²) in [5.41, 5.74) is 0. The fourth-order valence-corrected chi connectivity index (χ4v) is 1.58. The predicted molar refractivity (Wildman–Crippen MR) is 69.1 cm³/mol. The van der Waals surface area contributed by atoms with Crippen molar-refractivity contribution >= 4 is 24.2 Å². The highest BCUT2D eigenvalue weighted by molar-refractivity contribution is 5.87. The van der Waals surface area contributed by atoms with Gasteiger partial charge in [-0.3, -0.25) is 9.59 Å². The van der Waals surface area contributed by atoms with Crippen molar-refractivity contribution in [3.05, 3.63) is 0 Å². The van der Waals surface area contributed by atoms with Gasteiger partial charge in [0.15, 0.2) is 0 Å². The van der Waals surface area contributed by atoms with Crippen molar-refractivity contribution in [1.29, 1.82) is 0 Å². The summed E-state index contributed by atoms with van der Waals surface area (Å²) in [6.45, 7) is 5.67. The van der Waals surface area contributed by atoms with E-state index in [2.05, 4.69) is 16.0 Å². The Morgan fingerprint density at radius 3 is 2.59 bits per heavy atom. The second-order valence-corrected chi connectivity index (χ2v) is 4.56. The van der Waals surface area contributed by atoms with Crippen molar-refractivity contribution in [2.45, 2.75) is 32.7 Å². The maximum Gasteiger partial charge on any atom is 0.239 e. The van der Waals surface area contributed by atoms with Crippen molar-refractivity contribution in [3.63, 3.8) is 0 Å². The molecular weight excluding hydrogens is 242 g/mol. The Balaban J connectivity index is 0.00000256. The third kappa shape index (κ3) is 6.48. The Kier molecular flexibility index (Phi) is 7.91. The molecule has 1 unspecified atom stereocenters. The Labute approximate surface area is 109 Å². The largest absolute Gasteiger partial charge is 0.354 e. The molecule has 1 aliphatic heterocycles. The molecule has 0 bridgehead atoms. The van der Waals surface area contributed by atoms with Crippen LogP contribution in [0.4, 0.5) is 0 Å². The molecule has 0 aliphatic carbocycles. The van der Waals surface area contributed by atoms with Gasteiger partial charge < -0.3 is 16.0 Å². The summed E-state index contributed by atoms with van der Waals surface area (Å²) in [4.78, 5) is 22.9. The highest BCUT2D eigenvalue weighted by Crippen LogP contribution is 2.03. The molecule has 2 amide bonds. The molecule has 0 aromatic rings. The molecule has 0 aromatic carbocycles. The van der Waals surface area contributed by atoms with Crippen LogP contribution >= 0.6 is 12.4 Å². The van der Waals surface area contributed by atoms with Crippen LogP contribution in [0.25, 0.3) is 0 Å². The Hall–Kier alpha value is -0.810. The summed E-state index contributed by atoms with van der Waals surface area (Å²) in [5.74, 6) is 0.230. The Morgan fingerprint density at radius 1 is 1.35 bits per heavy atom. The number of rotatable bonds is 5. The van der Waals surface area contributed by atoms with E-state index in [1.165, 1.54) is 0 Å². The van der Waals surface area contributed by atoms with Gasteiger partial charge in [0, 0.05) is 6.54 Å². The summed E-state index contributed by atoms with van der Waals surface area (Å²) in [6.07, 6.45) is 1.89. The van der Waals surface area contributed by atoms with E-state index in [9.17, 15) is 9.59 Å². The molecular formula is C11H22ClN3O2. The van der Waals surface area contributed by atoms with E-state index >= 15 is 0 Å². The number of hydrogen-bond donors (Lipinski definition) is 3. The predicted octanol–water partition coefficient (Wildman–Crippen LogP) is 0.0486. The van der Waals surface area contributed by atoms with Gasteiger partial charge in [0.05, 0.1) is 12.6 Å². The van der Waals surface area contributed by atoms with E-state index in [0.29, 0.717) is 12.5 Å².